The van der Waals surface area contributed by atoms with Crippen LogP contribution in [-0.4, -0.2) is 17.8 Å². The van der Waals surface area contributed by atoms with Gasteiger partial charge < -0.3 is 9.30 Å². The summed E-state index contributed by atoms with van der Waals surface area (Å²) in [5, 5.41) is 0. The van der Waals surface area contributed by atoms with Crippen LogP contribution in [0, 0.1) is 16.4 Å². The summed E-state index contributed by atoms with van der Waals surface area (Å²) < 4.78 is 8.25. The van der Waals surface area contributed by atoms with E-state index < -0.39 is 0 Å². The number of nitrogens with zero attached hydrogens (tertiary/aromatic N) is 1. The molecule has 2 heterocycles. The van der Waals surface area contributed by atoms with E-state index in [0.717, 1.165) is 35.3 Å². The van der Waals surface area contributed by atoms with Crippen molar-refractivity contribution < 1.29 is 4.74 Å². The number of hydrogen-bond acceptors (Lipinski definition) is 2. The predicted molar refractivity (Wildman–Crippen MR) is 67.1 cm³/mol. The van der Waals surface area contributed by atoms with Crippen molar-refractivity contribution in [1.29, 1.82) is 0 Å². The van der Waals surface area contributed by atoms with Gasteiger partial charge in [0.15, 0.2) is 0 Å². The summed E-state index contributed by atoms with van der Waals surface area (Å²) in [5.41, 5.74) is 1.15. The van der Waals surface area contributed by atoms with E-state index in [9.17, 15) is 4.79 Å². The van der Waals surface area contributed by atoms with Crippen molar-refractivity contribution in [1.82, 2.24) is 4.57 Å². The topological polar surface area (TPSA) is 31.2 Å². The molecule has 0 spiro atoms. The quantitative estimate of drug-likeness (QED) is 0.779. The largest absolute Gasteiger partial charge is 0.381 e. The molecule has 1 fully saturated rings. The fourth-order valence-electron chi connectivity index (χ4n) is 1.79. The molecule has 0 amide bonds. The van der Waals surface area contributed by atoms with Gasteiger partial charge in [0, 0.05) is 34.9 Å². The number of hydrogen-bond donors (Lipinski definition) is 0. The third-order valence-corrected chi connectivity index (χ3v) is 3.88. The van der Waals surface area contributed by atoms with E-state index >= 15 is 0 Å². The van der Waals surface area contributed by atoms with Crippen LogP contribution < -0.4 is 5.56 Å². The van der Waals surface area contributed by atoms with Gasteiger partial charge in [-0.05, 0) is 41.5 Å². The lowest BCUT2D eigenvalue weighted by Crippen LogP contribution is -2.24. The monoisotopic (exact) mass is 319 g/mol. The zero-order chi connectivity index (χ0) is 10.8. The molecule has 0 aliphatic carbocycles. The predicted octanol–water partition coefficient (Wildman–Crippen LogP) is 1.80. The Kier molecular flexibility index (Phi) is 3.45. The zero-order valence-electron chi connectivity index (χ0n) is 8.70. The fourth-order valence-corrected chi connectivity index (χ4v) is 2.28. The van der Waals surface area contributed by atoms with Crippen LogP contribution in [0.15, 0.2) is 17.1 Å². The minimum absolute atomic E-state index is 0.0971. The smallest absolute Gasteiger partial charge is 0.250 e. The molecule has 1 aromatic rings. The molecule has 1 aliphatic heterocycles. The second-order valence-electron chi connectivity index (χ2n) is 4.02. The van der Waals surface area contributed by atoms with Gasteiger partial charge in [0.25, 0.3) is 5.56 Å². The van der Waals surface area contributed by atoms with Crippen LogP contribution in [0.5, 0.6) is 0 Å². The van der Waals surface area contributed by atoms with Crippen molar-refractivity contribution in [3.8, 4) is 0 Å². The molecular weight excluding hydrogens is 305 g/mol. The molecule has 82 valence electrons. The summed E-state index contributed by atoms with van der Waals surface area (Å²) in [6.07, 6.45) is 3.01. The van der Waals surface area contributed by atoms with E-state index in [4.69, 9.17) is 4.74 Å². The lowest BCUT2D eigenvalue weighted by Gasteiger charge is -2.11. The van der Waals surface area contributed by atoms with Crippen molar-refractivity contribution >= 4 is 22.6 Å². The Morgan fingerprint density at radius 1 is 1.67 bits per heavy atom. The summed E-state index contributed by atoms with van der Waals surface area (Å²) in [4.78, 5) is 11.7. The first-order valence-corrected chi connectivity index (χ1v) is 6.19. The second-order valence-corrected chi connectivity index (χ2v) is 5.19. The van der Waals surface area contributed by atoms with Gasteiger partial charge in [-0.1, -0.05) is 0 Å². The molecule has 1 atom stereocenters. The van der Waals surface area contributed by atoms with Crippen LogP contribution in [0.3, 0.4) is 0 Å². The Hall–Kier alpha value is -0.360. The molecule has 1 aromatic heterocycles. The van der Waals surface area contributed by atoms with E-state index in [-0.39, 0.29) is 5.56 Å². The number of aromatic nitrogens is 1. The number of pyridine rings is 1. The number of aryl methyl sites for hydroxylation is 1. The fraction of sp³-hybridized carbons (Fsp3) is 0.545. The number of ether oxygens (including phenoxy) is 1. The van der Waals surface area contributed by atoms with Gasteiger partial charge in [-0.3, -0.25) is 4.79 Å². The van der Waals surface area contributed by atoms with Gasteiger partial charge >= 0.3 is 0 Å². The lowest BCUT2D eigenvalue weighted by atomic mass is 10.1. The normalized spacial score (nSPS) is 20.8. The molecule has 0 saturated carbocycles. The molecule has 0 N–H and O–H groups in total. The third-order valence-electron chi connectivity index (χ3n) is 2.75. The van der Waals surface area contributed by atoms with E-state index in [1.54, 1.807) is 10.6 Å². The van der Waals surface area contributed by atoms with Crippen LogP contribution in [-0.2, 0) is 11.3 Å². The lowest BCUT2D eigenvalue weighted by molar-refractivity contribution is 0.182. The van der Waals surface area contributed by atoms with Crippen LogP contribution in [0.2, 0.25) is 0 Å². The van der Waals surface area contributed by atoms with Crippen LogP contribution in [0.1, 0.15) is 12.0 Å². The molecule has 0 radical (unpaired) electrons. The summed E-state index contributed by atoms with van der Waals surface area (Å²) in [7, 11) is 0. The Bertz CT molecular complexity index is 408. The molecule has 1 unspecified atom stereocenters. The minimum atomic E-state index is 0.0971. The first-order valence-electron chi connectivity index (χ1n) is 5.11. The Morgan fingerprint density at radius 3 is 3.13 bits per heavy atom. The molecule has 0 bridgehead atoms. The average Bonchev–Trinajstić information content (AvgIpc) is 2.67. The van der Waals surface area contributed by atoms with Crippen LogP contribution >= 0.6 is 22.6 Å². The standard InChI is InChI=1S/C11H14INO2/c1-8-4-11(14)13(6-10(8)12)5-9-2-3-15-7-9/h4,6,9H,2-3,5,7H2,1H3. The molecule has 15 heavy (non-hydrogen) atoms. The van der Waals surface area contributed by atoms with E-state index in [1.807, 2.05) is 13.1 Å². The maximum atomic E-state index is 11.7. The average molecular weight is 319 g/mol. The molecule has 4 heteroatoms. The highest BCUT2D eigenvalue weighted by molar-refractivity contribution is 14.1. The van der Waals surface area contributed by atoms with Gasteiger partial charge in [0.2, 0.25) is 0 Å². The molecule has 2 rings (SSSR count). The summed E-state index contributed by atoms with van der Waals surface area (Å²) in [5.74, 6) is 0.501. The molecule has 3 nitrogen and oxygen atoms in total. The van der Waals surface area contributed by atoms with Gasteiger partial charge in [-0.2, -0.15) is 0 Å². The number of rotatable bonds is 2. The highest BCUT2D eigenvalue weighted by Crippen LogP contribution is 2.15. The maximum absolute atomic E-state index is 11.7. The van der Waals surface area contributed by atoms with E-state index in [2.05, 4.69) is 22.6 Å². The molecule has 1 aliphatic rings. The Balaban J connectivity index is 2.20. The highest BCUT2D eigenvalue weighted by Gasteiger charge is 2.16. The van der Waals surface area contributed by atoms with Gasteiger partial charge in [0.05, 0.1) is 6.61 Å². The van der Waals surface area contributed by atoms with E-state index in [0.29, 0.717) is 5.92 Å². The maximum Gasteiger partial charge on any atom is 0.250 e. The summed E-state index contributed by atoms with van der Waals surface area (Å²) >= 11 is 2.26. The Labute approximate surface area is 103 Å². The molecule has 1 saturated heterocycles. The van der Waals surface area contributed by atoms with E-state index in [1.165, 1.54) is 0 Å². The minimum Gasteiger partial charge on any atom is -0.381 e. The van der Waals surface area contributed by atoms with Crippen molar-refractivity contribution in [3.05, 3.63) is 31.8 Å². The molecule has 0 aromatic carbocycles. The SMILES string of the molecule is Cc1cc(=O)n(CC2CCOC2)cc1I. The summed E-state index contributed by atoms with van der Waals surface area (Å²) in [6, 6.07) is 1.71. The van der Waals surface area contributed by atoms with Gasteiger partial charge in [0.1, 0.15) is 0 Å². The third kappa shape index (κ3) is 2.60. The zero-order valence-corrected chi connectivity index (χ0v) is 10.9. The first-order chi connectivity index (χ1) is 7.16. The number of halogens is 1. The first kappa shape index (κ1) is 11.1. The van der Waals surface area contributed by atoms with Gasteiger partial charge in [-0.15, -0.1) is 0 Å². The highest BCUT2D eigenvalue weighted by atomic mass is 127. The van der Waals surface area contributed by atoms with Crippen molar-refractivity contribution in [2.24, 2.45) is 5.92 Å². The van der Waals surface area contributed by atoms with Crippen LogP contribution in [0.4, 0.5) is 0 Å². The van der Waals surface area contributed by atoms with Crippen molar-refractivity contribution in [2.45, 2.75) is 19.9 Å². The summed E-state index contributed by atoms with van der Waals surface area (Å²) in [6.45, 7) is 4.38. The van der Waals surface area contributed by atoms with Crippen LogP contribution in [0.25, 0.3) is 0 Å². The molecular formula is C11H14INO2. The Morgan fingerprint density at radius 2 is 2.47 bits per heavy atom. The van der Waals surface area contributed by atoms with Crippen molar-refractivity contribution in [2.75, 3.05) is 13.2 Å². The second kappa shape index (κ2) is 4.65. The van der Waals surface area contributed by atoms with Gasteiger partial charge in [-0.25, -0.2) is 0 Å². The van der Waals surface area contributed by atoms with Crippen molar-refractivity contribution in [3.63, 3.8) is 0 Å².